The van der Waals surface area contributed by atoms with Gasteiger partial charge in [0, 0.05) is 0 Å². The van der Waals surface area contributed by atoms with Gasteiger partial charge in [-0.3, -0.25) is 0 Å². The van der Waals surface area contributed by atoms with Crippen molar-refractivity contribution in [2.24, 2.45) is 0 Å². The summed E-state index contributed by atoms with van der Waals surface area (Å²) in [7, 11) is 0. The second-order valence-corrected chi connectivity index (χ2v) is 4.04. The van der Waals surface area contributed by atoms with Gasteiger partial charge < -0.3 is 10.6 Å². The summed E-state index contributed by atoms with van der Waals surface area (Å²) in [5.74, 6) is 5.66. The number of ether oxygens (including phenoxy) is 1. The van der Waals surface area contributed by atoms with Gasteiger partial charge in [0.2, 0.25) is 0 Å². The smallest absolute Gasteiger partial charge is 0.318 e. The zero-order chi connectivity index (χ0) is 11.0. The molecule has 0 bridgehead atoms. The molecule has 6 heteroatoms. The van der Waals surface area contributed by atoms with Gasteiger partial charge in [-0.15, -0.1) is 0 Å². The Hall–Kier alpha value is -1.85. The van der Waals surface area contributed by atoms with Crippen LogP contribution in [0.5, 0.6) is 6.01 Å². The molecule has 0 amide bonds. The zero-order valence-electron chi connectivity index (χ0n) is 8.83. The molecule has 1 aliphatic rings. The summed E-state index contributed by atoms with van der Waals surface area (Å²) in [6.45, 7) is 0. The Labute approximate surface area is 92.4 Å². The maximum absolute atomic E-state index is 5.69. The van der Waals surface area contributed by atoms with E-state index in [0.29, 0.717) is 17.2 Å². The maximum Gasteiger partial charge on any atom is 0.318 e. The van der Waals surface area contributed by atoms with Crippen LogP contribution in [0.1, 0.15) is 25.7 Å². The Kier molecular flexibility index (Phi) is 2.12. The normalized spacial score (nSPS) is 17.0. The van der Waals surface area contributed by atoms with Crippen molar-refractivity contribution in [3.05, 3.63) is 12.5 Å². The molecular formula is C10H13N5O. The number of hydrogen-bond donors (Lipinski definition) is 1. The van der Waals surface area contributed by atoms with Crippen LogP contribution in [-0.2, 0) is 0 Å². The van der Waals surface area contributed by atoms with Crippen LogP contribution in [0.25, 0.3) is 11.2 Å². The van der Waals surface area contributed by atoms with Crippen molar-refractivity contribution in [1.82, 2.24) is 19.6 Å². The highest BCUT2D eigenvalue weighted by Crippen LogP contribution is 2.22. The Morgan fingerprint density at radius 3 is 2.94 bits per heavy atom. The molecule has 0 spiro atoms. The van der Waals surface area contributed by atoms with Crippen molar-refractivity contribution in [3.63, 3.8) is 0 Å². The number of aromatic nitrogens is 4. The highest BCUT2D eigenvalue weighted by molar-refractivity contribution is 5.69. The second kappa shape index (κ2) is 3.62. The van der Waals surface area contributed by atoms with Gasteiger partial charge in [0.1, 0.15) is 17.9 Å². The van der Waals surface area contributed by atoms with E-state index in [1.807, 2.05) is 0 Å². The SMILES string of the molecule is Nn1cnc2cnc(OC3CCCC3)nc21. The predicted molar refractivity (Wildman–Crippen MR) is 58.4 cm³/mol. The van der Waals surface area contributed by atoms with Gasteiger partial charge in [0.25, 0.3) is 0 Å². The Bertz CT molecular complexity index is 503. The Morgan fingerprint density at radius 1 is 1.31 bits per heavy atom. The number of nitrogens with two attached hydrogens (primary N) is 1. The number of rotatable bonds is 2. The van der Waals surface area contributed by atoms with E-state index in [9.17, 15) is 0 Å². The molecule has 1 aliphatic carbocycles. The van der Waals surface area contributed by atoms with E-state index >= 15 is 0 Å². The lowest BCUT2D eigenvalue weighted by Gasteiger charge is -2.10. The monoisotopic (exact) mass is 219 g/mol. The van der Waals surface area contributed by atoms with Crippen molar-refractivity contribution in [3.8, 4) is 6.01 Å². The molecule has 2 heterocycles. The van der Waals surface area contributed by atoms with Crippen LogP contribution >= 0.6 is 0 Å². The van der Waals surface area contributed by atoms with E-state index in [1.165, 1.54) is 23.8 Å². The minimum Gasteiger partial charge on any atom is -0.460 e. The van der Waals surface area contributed by atoms with E-state index < -0.39 is 0 Å². The van der Waals surface area contributed by atoms with Gasteiger partial charge in [-0.1, -0.05) is 0 Å². The first-order chi connectivity index (χ1) is 7.83. The molecule has 2 N–H and O–H groups in total. The van der Waals surface area contributed by atoms with Gasteiger partial charge in [-0.2, -0.15) is 4.98 Å². The van der Waals surface area contributed by atoms with E-state index in [4.69, 9.17) is 10.6 Å². The summed E-state index contributed by atoms with van der Waals surface area (Å²) in [6, 6.07) is 0.395. The molecule has 0 atom stereocenters. The summed E-state index contributed by atoms with van der Waals surface area (Å²) >= 11 is 0. The molecule has 6 nitrogen and oxygen atoms in total. The fourth-order valence-corrected chi connectivity index (χ4v) is 2.02. The summed E-state index contributed by atoms with van der Waals surface area (Å²) in [5, 5.41) is 0. The van der Waals surface area contributed by atoms with Crippen molar-refractivity contribution in [2.45, 2.75) is 31.8 Å². The first kappa shape index (κ1) is 9.38. The standard InChI is InChI=1S/C10H13N5O/c11-15-6-13-8-5-12-10(14-9(8)15)16-7-3-1-2-4-7/h5-7H,1-4,11H2. The van der Waals surface area contributed by atoms with Crippen LogP contribution in [0.4, 0.5) is 0 Å². The van der Waals surface area contributed by atoms with E-state index in [1.54, 1.807) is 6.20 Å². The predicted octanol–water partition coefficient (Wildman–Crippen LogP) is 0.861. The summed E-state index contributed by atoms with van der Waals surface area (Å²) in [4.78, 5) is 12.4. The molecule has 0 radical (unpaired) electrons. The summed E-state index contributed by atoms with van der Waals surface area (Å²) in [5.41, 5.74) is 1.28. The molecule has 1 fully saturated rings. The highest BCUT2D eigenvalue weighted by Gasteiger charge is 2.18. The third-order valence-electron chi connectivity index (χ3n) is 2.87. The van der Waals surface area contributed by atoms with Crippen molar-refractivity contribution >= 4 is 11.2 Å². The van der Waals surface area contributed by atoms with Crippen LogP contribution in [-0.4, -0.2) is 25.7 Å². The lowest BCUT2D eigenvalue weighted by atomic mass is 10.3. The second-order valence-electron chi connectivity index (χ2n) is 4.04. The van der Waals surface area contributed by atoms with Gasteiger partial charge >= 0.3 is 6.01 Å². The van der Waals surface area contributed by atoms with Crippen molar-refractivity contribution in [2.75, 3.05) is 5.84 Å². The van der Waals surface area contributed by atoms with E-state index in [2.05, 4.69) is 15.0 Å². The lowest BCUT2D eigenvalue weighted by molar-refractivity contribution is 0.193. The van der Waals surface area contributed by atoms with Crippen LogP contribution in [0.2, 0.25) is 0 Å². The first-order valence-electron chi connectivity index (χ1n) is 5.45. The minimum absolute atomic E-state index is 0.256. The third kappa shape index (κ3) is 1.56. The van der Waals surface area contributed by atoms with Crippen LogP contribution in [0, 0.1) is 0 Å². The molecule has 2 aromatic rings. The molecular weight excluding hydrogens is 206 g/mol. The van der Waals surface area contributed by atoms with Gasteiger partial charge in [0.15, 0.2) is 5.65 Å². The molecule has 0 saturated heterocycles. The number of hydrogen-bond acceptors (Lipinski definition) is 5. The summed E-state index contributed by atoms with van der Waals surface area (Å²) < 4.78 is 7.06. The quantitative estimate of drug-likeness (QED) is 0.758. The topological polar surface area (TPSA) is 78.9 Å². The fraction of sp³-hybridized carbons (Fsp3) is 0.500. The molecule has 2 aromatic heterocycles. The molecule has 0 aliphatic heterocycles. The Morgan fingerprint density at radius 2 is 2.12 bits per heavy atom. The van der Waals surface area contributed by atoms with Crippen LogP contribution < -0.4 is 10.6 Å². The van der Waals surface area contributed by atoms with Crippen molar-refractivity contribution in [1.29, 1.82) is 0 Å². The minimum atomic E-state index is 0.256. The molecule has 16 heavy (non-hydrogen) atoms. The number of nitrogen functional groups attached to an aromatic ring is 1. The van der Waals surface area contributed by atoms with Crippen molar-refractivity contribution < 1.29 is 4.74 Å². The molecule has 84 valence electrons. The number of imidazole rings is 1. The Balaban J connectivity index is 1.88. The highest BCUT2D eigenvalue weighted by atomic mass is 16.5. The largest absolute Gasteiger partial charge is 0.460 e. The maximum atomic E-state index is 5.69. The lowest BCUT2D eigenvalue weighted by Crippen LogP contribution is -2.14. The van der Waals surface area contributed by atoms with Crippen LogP contribution in [0.3, 0.4) is 0 Å². The van der Waals surface area contributed by atoms with Gasteiger partial charge in [-0.25, -0.2) is 14.6 Å². The fourth-order valence-electron chi connectivity index (χ4n) is 2.02. The average Bonchev–Trinajstić information content (AvgIpc) is 2.90. The third-order valence-corrected chi connectivity index (χ3v) is 2.87. The molecule has 0 aromatic carbocycles. The van der Waals surface area contributed by atoms with Gasteiger partial charge in [-0.05, 0) is 25.7 Å². The summed E-state index contributed by atoms with van der Waals surface area (Å²) in [6.07, 6.45) is 8.02. The number of nitrogens with zero attached hydrogens (tertiary/aromatic N) is 4. The van der Waals surface area contributed by atoms with Crippen LogP contribution in [0.15, 0.2) is 12.5 Å². The van der Waals surface area contributed by atoms with E-state index in [0.717, 1.165) is 12.8 Å². The number of fused-ring (bicyclic) bond motifs is 1. The zero-order valence-corrected chi connectivity index (χ0v) is 8.83. The molecule has 0 unspecified atom stereocenters. The molecule has 1 saturated carbocycles. The van der Waals surface area contributed by atoms with Gasteiger partial charge in [0.05, 0.1) is 6.20 Å². The van der Waals surface area contributed by atoms with E-state index in [-0.39, 0.29) is 6.10 Å². The first-order valence-corrected chi connectivity index (χ1v) is 5.45. The molecule has 3 rings (SSSR count). The average molecular weight is 219 g/mol.